The maximum atomic E-state index is 11.8. The number of nitrogens with zero attached hydrogens (tertiary/aromatic N) is 1. The highest BCUT2D eigenvalue weighted by Gasteiger charge is 2.32. The Morgan fingerprint density at radius 3 is 2.72 bits per heavy atom. The summed E-state index contributed by atoms with van der Waals surface area (Å²) in [5.74, 6) is 0.819. The fraction of sp³-hybridized carbons (Fsp3) is 0.462. The van der Waals surface area contributed by atoms with Gasteiger partial charge in [-0.2, -0.15) is 0 Å². The predicted octanol–water partition coefficient (Wildman–Crippen LogP) is 1.60. The molecule has 1 aliphatic heterocycles. The topological polar surface area (TPSA) is 64.8 Å². The molecule has 5 nitrogen and oxygen atoms in total. The smallest absolute Gasteiger partial charge is 0.414 e. The van der Waals surface area contributed by atoms with Gasteiger partial charge in [-0.05, 0) is 37.1 Å². The first-order valence-corrected chi connectivity index (χ1v) is 5.90. The molecule has 1 amide bonds. The zero-order valence-corrected chi connectivity index (χ0v) is 10.9. The van der Waals surface area contributed by atoms with Crippen molar-refractivity contribution in [1.29, 1.82) is 0 Å². The lowest BCUT2D eigenvalue weighted by Crippen LogP contribution is -2.28. The van der Waals surface area contributed by atoms with Crippen LogP contribution in [-0.4, -0.2) is 32.4 Å². The molecule has 1 heterocycles. The molecule has 1 aliphatic rings. The zero-order chi connectivity index (χ0) is 13.3. The third-order valence-electron chi connectivity index (χ3n) is 3.14. The molecule has 0 radical (unpaired) electrons. The van der Waals surface area contributed by atoms with Crippen LogP contribution in [0.3, 0.4) is 0 Å². The second-order valence-electron chi connectivity index (χ2n) is 4.46. The summed E-state index contributed by atoms with van der Waals surface area (Å²) in [6.45, 7) is 4.74. The van der Waals surface area contributed by atoms with Crippen molar-refractivity contribution in [1.82, 2.24) is 0 Å². The van der Waals surface area contributed by atoms with Crippen molar-refractivity contribution in [3.8, 4) is 5.75 Å². The van der Waals surface area contributed by atoms with Crippen LogP contribution in [-0.2, 0) is 4.74 Å². The van der Waals surface area contributed by atoms with Crippen molar-refractivity contribution < 1.29 is 14.3 Å². The van der Waals surface area contributed by atoms with E-state index in [4.69, 9.17) is 15.2 Å². The first-order valence-electron chi connectivity index (χ1n) is 5.90. The highest BCUT2D eigenvalue weighted by atomic mass is 16.6. The highest BCUT2D eigenvalue weighted by molar-refractivity contribution is 5.91. The van der Waals surface area contributed by atoms with E-state index in [1.165, 1.54) is 0 Å². The van der Waals surface area contributed by atoms with E-state index in [-0.39, 0.29) is 12.2 Å². The monoisotopic (exact) mass is 250 g/mol. The Kier molecular flexibility index (Phi) is 3.43. The van der Waals surface area contributed by atoms with Crippen LogP contribution in [0.5, 0.6) is 5.75 Å². The van der Waals surface area contributed by atoms with Gasteiger partial charge in [-0.25, -0.2) is 4.79 Å². The lowest BCUT2D eigenvalue weighted by Gasteiger charge is -2.18. The predicted molar refractivity (Wildman–Crippen MR) is 69.1 cm³/mol. The Hall–Kier alpha value is -1.75. The minimum absolute atomic E-state index is 0.223. The van der Waals surface area contributed by atoms with Gasteiger partial charge in [0.2, 0.25) is 0 Å². The molecule has 5 heteroatoms. The fourth-order valence-electron chi connectivity index (χ4n) is 2.13. The highest BCUT2D eigenvalue weighted by Crippen LogP contribution is 2.31. The summed E-state index contributed by atoms with van der Waals surface area (Å²) in [5.41, 5.74) is 8.35. The van der Waals surface area contributed by atoms with Gasteiger partial charge in [0.15, 0.2) is 0 Å². The lowest BCUT2D eigenvalue weighted by atomic mass is 10.1. The van der Waals surface area contributed by atoms with E-state index in [1.54, 1.807) is 12.0 Å². The molecule has 1 aromatic rings. The number of ether oxygens (including phenoxy) is 2. The Morgan fingerprint density at radius 2 is 2.17 bits per heavy atom. The zero-order valence-electron chi connectivity index (χ0n) is 10.9. The Balaban J connectivity index is 2.34. The van der Waals surface area contributed by atoms with Crippen LogP contribution in [0.15, 0.2) is 12.1 Å². The summed E-state index contributed by atoms with van der Waals surface area (Å²) in [6.07, 6.45) is -0.558. The molecule has 18 heavy (non-hydrogen) atoms. The number of methoxy groups -OCH3 is 1. The number of benzene rings is 1. The van der Waals surface area contributed by atoms with E-state index in [1.807, 2.05) is 26.0 Å². The van der Waals surface area contributed by atoms with E-state index in [9.17, 15) is 4.79 Å². The number of carbonyl (C=O) groups excluding carboxylic acids is 1. The second kappa shape index (κ2) is 4.86. The number of nitrogens with two attached hydrogens (primary N) is 1. The quantitative estimate of drug-likeness (QED) is 0.885. The fourth-order valence-corrected chi connectivity index (χ4v) is 2.13. The molecular weight excluding hydrogens is 232 g/mol. The average Bonchev–Trinajstić information content (AvgIpc) is 2.73. The number of hydrogen-bond acceptors (Lipinski definition) is 4. The molecule has 1 saturated heterocycles. The minimum atomic E-state index is -0.335. The number of hydrogen-bond donors (Lipinski definition) is 1. The summed E-state index contributed by atoms with van der Waals surface area (Å²) < 4.78 is 10.4. The third kappa shape index (κ3) is 2.13. The van der Waals surface area contributed by atoms with Crippen LogP contribution in [0.1, 0.15) is 11.1 Å². The third-order valence-corrected chi connectivity index (χ3v) is 3.14. The Morgan fingerprint density at radius 1 is 1.44 bits per heavy atom. The molecule has 2 N–H and O–H groups in total. The van der Waals surface area contributed by atoms with Crippen LogP contribution in [0.4, 0.5) is 10.5 Å². The van der Waals surface area contributed by atoms with Crippen LogP contribution >= 0.6 is 0 Å². The molecule has 0 spiro atoms. The number of aryl methyl sites for hydroxylation is 2. The SMILES string of the molecule is COc1cc(C)c(N2CC(CN)OC2=O)cc1C. The first kappa shape index (κ1) is 12.7. The van der Waals surface area contributed by atoms with Crippen molar-refractivity contribution in [3.05, 3.63) is 23.3 Å². The normalized spacial score (nSPS) is 19.0. The van der Waals surface area contributed by atoms with Gasteiger partial charge in [-0.1, -0.05) is 0 Å². The maximum absolute atomic E-state index is 11.8. The van der Waals surface area contributed by atoms with E-state index >= 15 is 0 Å². The van der Waals surface area contributed by atoms with Crippen molar-refractivity contribution >= 4 is 11.8 Å². The van der Waals surface area contributed by atoms with Gasteiger partial charge >= 0.3 is 6.09 Å². The van der Waals surface area contributed by atoms with E-state index in [2.05, 4.69) is 0 Å². The lowest BCUT2D eigenvalue weighted by molar-refractivity contribution is 0.145. The maximum Gasteiger partial charge on any atom is 0.414 e. The molecule has 0 aromatic heterocycles. The summed E-state index contributed by atoms with van der Waals surface area (Å²) >= 11 is 0. The van der Waals surface area contributed by atoms with Gasteiger partial charge in [0, 0.05) is 6.54 Å². The molecule has 98 valence electrons. The van der Waals surface area contributed by atoms with Gasteiger partial charge in [0.1, 0.15) is 11.9 Å². The van der Waals surface area contributed by atoms with Crippen LogP contribution < -0.4 is 15.4 Å². The molecule has 1 aromatic carbocycles. The van der Waals surface area contributed by atoms with Crippen molar-refractivity contribution in [3.63, 3.8) is 0 Å². The van der Waals surface area contributed by atoms with Crippen LogP contribution in [0, 0.1) is 13.8 Å². The molecule has 1 fully saturated rings. The molecule has 2 rings (SSSR count). The van der Waals surface area contributed by atoms with E-state index in [0.717, 1.165) is 22.6 Å². The van der Waals surface area contributed by atoms with Gasteiger partial charge in [0.05, 0.1) is 19.3 Å². The number of carbonyl (C=O) groups is 1. The number of anilines is 1. The van der Waals surface area contributed by atoms with Crippen molar-refractivity contribution in [2.45, 2.75) is 20.0 Å². The summed E-state index contributed by atoms with van der Waals surface area (Å²) in [6, 6.07) is 3.86. The van der Waals surface area contributed by atoms with Crippen molar-refractivity contribution in [2.24, 2.45) is 5.73 Å². The van der Waals surface area contributed by atoms with Gasteiger partial charge in [0.25, 0.3) is 0 Å². The molecule has 0 aliphatic carbocycles. The average molecular weight is 250 g/mol. The molecule has 0 bridgehead atoms. The van der Waals surface area contributed by atoms with Gasteiger partial charge in [-0.15, -0.1) is 0 Å². The largest absolute Gasteiger partial charge is 0.496 e. The summed E-state index contributed by atoms with van der Waals surface area (Å²) in [7, 11) is 1.63. The molecule has 1 unspecified atom stereocenters. The van der Waals surface area contributed by atoms with Crippen molar-refractivity contribution in [2.75, 3.05) is 25.1 Å². The summed E-state index contributed by atoms with van der Waals surface area (Å²) in [5, 5.41) is 0. The van der Waals surface area contributed by atoms with Crippen LogP contribution in [0.2, 0.25) is 0 Å². The number of cyclic esters (lactones) is 1. The van der Waals surface area contributed by atoms with Gasteiger partial charge in [-0.3, -0.25) is 4.90 Å². The van der Waals surface area contributed by atoms with Crippen LogP contribution in [0.25, 0.3) is 0 Å². The minimum Gasteiger partial charge on any atom is -0.496 e. The van der Waals surface area contributed by atoms with Gasteiger partial charge < -0.3 is 15.2 Å². The molecule has 1 atom stereocenters. The molecular formula is C13H18N2O3. The Bertz CT molecular complexity index is 474. The number of rotatable bonds is 3. The first-order chi connectivity index (χ1) is 8.56. The molecule has 0 saturated carbocycles. The summed E-state index contributed by atoms with van der Waals surface area (Å²) in [4.78, 5) is 13.4. The second-order valence-corrected chi connectivity index (χ2v) is 4.46. The van der Waals surface area contributed by atoms with E-state index in [0.29, 0.717) is 13.1 Å². The number of amides is 1. The standard InChI is InChI=1S/C13H18N2O3/c1-8-5-12(17-3)9(2)4-11(8)15-7-10(6-14)18-13(15)16/h4-5,10H,6-7,14H2,1-3H3. The Labute approximate surface area is 106 Å². The van der Waals surface area contributed by atoms with E-state index < -0.39 is 0 Å².